The summed E-state index contributed by atoms with van der Waals surface area (Å²) in [7, 11) is 3.06. The molecule has 1 aliphatic rings. The molecule has 0 atom stereocenters. The van der Waals surface area contributed by atoms with E-state index in [0.29, 0.717) is 24.8 Å². The molecule has 1 heterocycles. The molecule has 0 radical (unpaired) electrons. The number of methoxy groups -OCH3 is 1. The number of anilines is 1. The monoisotopic (exact) mass is 275 g/mol. The summed E-state index contributed by atoms with van der Waals surface area (Å²) in [6, 6.07) is 5.30. The Hall–Kier alpha value is -2.17. The third kappa shape index (κ3) is 2.87. The number of hydrogen-bond acceptors (Lipinski definition) is 4. The summed E-state index contributed by atoms with van der Waals surface area (Å²) >= 11 is 0. The van der Waals surface area contributed by atoms with E-state index >= 15 is 0 Å². The van der Waals surface area contributed by atoms with Gasteiger partial charge in [-0.3, -0.25) is 14.4 Å². The molecule has 0 saturated heterocycles. The summed E-state index contributed by atoms with van der Waals surface area (Å²) in [5.41, 5.74) is 2.34. The van der Waals surface area contributed by atoms with Gasteiger partial charge in [-0.25, -0.2) is 0 Å². The molecule has 0 aliphatic carbocycles. The van der Waals surface area contributed by atoms with Crippen molar-refractivity contribution in [2.75, 3.05) is 19.1 Å². The fourth-order valence-corrected chi connectivity index (χ4v) is 2.28. The number of carbonyl (C=O) groups is 3. The van der Waals surface area contributed by atoms with Crippen LogP contribution in [-0.4, -0.2) is 31.8 Å². The summed E-state index contributed by atoms with van der Waals surface area (Å²) in [5, 5.41) is 0. The zero-order valence-electron chi connectivity index (χ0n) is 11.6. The molecule has 20 heavy (non-hydrogen) atoms. The Morgan fingerprint density at radius 1 is 1.30 bits per heavy atom. The molecule has 0 fully saturated rings. The smallest absolute Gasteiger partial charge is 0.305 e. The van der Waals surface area contributed by atoms with Gasteiger partial charge in [0.15, 0.2) is 5.78 Å². The van der Waals surface area contributed by atoms with Crippen LogP contribution in [0.3, 0.4) is 0 Å². The maximum Gasteiger partial charge on any atom is 0.305 e. The molecular formula is C15H17NO4. The van der Waals surface area contributed by atoms with Crippen molar-refractivity contribution in [1.82, 2.24) is 0 Å². The number of ether oxygens (including phenoxy) is 1. The maximum absolute atomic E-state index is 12.0. The zero-order valence-corrected chi connectivity index (χ0v) is 11.6. The van der Waals surface area contributed by atoms with Gasteiger partial charge in [0.1, 0.15) is 0 Å². The van der Waals surface area contributed by atoms with E-state index in [1.807, 2.05) is 0 Å². The Morgan fingerprint density at radius 2 is 2.05 bits per heavy atom. The van der Waals surface area contributed by atoms with E-state index in [2.05, 4.69) is 4.74 Å². The van der Waals surface area contributed by atoms with Crippen molar-refractivity contribution in [3.05, 3.63) is 29.3 Å². The van der Waals surface area contributed by atoms with Crippen molar-refractivity contribution >= 4 is 23.3 Å². The number of ketones is 1. The normalized spacial score (nSPS) is 13.3. The molecule has 0 bridgehead atoms. The maximum atomic E-state index is 12.0. The van der Waals surface area contributed by atoms with Crippen LogP contribution in [0.25, 0.3) is 0 Å². The first kappa shape index (κ1) is 14.2. The number of benzene rings is 1. The number of rotatable bonds is 5. The fraction of sp³-hybridized carbons (Fsp3) is 0.400. The van der Waals surface area contributed by atoms with E-state index in [4.69, 9.17) is 0 Å². The third-order valence-electron chi connectivity index (χ3n) is 3.49. The molecule has 1 amide bonds. The van der Waals surface area contributed by atoms with Gasteiger partial charge < -0.3 is 9.64 Å². The van der Waals surface area contributed by atoms with E-state index in [0.717, 1.165) is 11.3 Å². The van der Waals surface area contributed by atoms with Crippen LogP contribution in [0.15, 0.2) is 18.2 Å². The zero-order chi connectivity index (χ0) is 14.7. The molecule has 0 spiro atoms. The molecule has 0 aromatic heterocycles. The van der Waals surface area contributed by atoms with Gasteiger partial charge in [0.2, 0.25) is 5.91 Å². The highest BCUT2D eigenvalue weighted by Gasteiger charge is 2.24. The average molecular weight is 275 g/mol. The van der Waals surface area contributed by atoms with E-state index in [-0.39, 0.29) is 24.1 Å². The lowest BCUT2D eigenvalue weighted by Crippen LogP contribution is -2.20. The molecule has 0 saturated carbocycles. The number of nitrogens with zero attached hydrogens (tertiary/aromatic N) is 1. The van der Waals surface area contributed by atoms with Crippen LogP contribution in [0.2, 0.25) is 0 Å². The Balaban J connectivity index is 2.00. The van der Waals surface area contributed by atoms with Crippen molar-refractivity contribution in [1.29, 1.82) is 0 Å². The van der Waals surface area contributed by atoms with Crippen LogP contribution in [-0.2, 0) is 20.7 Å². The van der Waals surface area contributed by atoms with Crippen LogP contribution in [0.1, 0.15) is 35.2 Å². The first-order valence-corrected chi connectivity index (χ1v) is 6.52. The van der Waals surface area contributed by atoms with Crippen molar-refractivity contribution in [3.8, 4) is 0 Å². The molecule has 106 valence electrons. The minimum absolute atomic E-state index is 0.0151. The first-order chi connectivity index (χ1) is 9.52. The second-order valence-corrected chi connectivity index (χ2v) is 4.83. The minimum atomic E-state index is -0.307. The Kier molecular flexibility index (Phi) is 4.17. The number of amides is 1. The topological polar surface area (TPSA) is 63.7 Å². The Morgan fingerprint density at radius 3 is 2.75 bits per heavy atom. The van der Waals surface area contributed by atoms with Crippen molar-refractivity contribution in [2.24, 2.45) is 0 Å². The Labute approximate surface area is 117 Å². The lowest BCUT2D eigenvalue weighted by molar-refractivity contribution is -0.140. The summed E-state index contributed by atoms with van der Waals surface area (Å²) in [5.74, 6) is -0.284. The fourth-order valence-electron chi connectivity index (χ4n) is 2.28. The van der Waals surface area contributed by atoms with Crippen molar-refractivity contribution < 1.29 is 19.1 Å². The number of Topliss-reactive ketones (excluding diaryl/α,β-unsaturated/α-hetero) is 1. The summed E-state index contributed by atoms with van der Waals surface area (Å²) in [6.45, 7) is 0. The van der Waals surface area contributed by atoms with Gasteiger partial charge >= 0.3 is 5.97 Å². The van der Waals surface area contributed by atoms with Gasteiger partial charge in [-0.1, -0.05) is 0 Å². The average Bonchev–Trinajstić information content (AvgIpc) is 2.73. The Bertz CT molecular complexity index is 565. The quantitative estimate of drug-likeness (QED) is 0.606. The molecule has 1 aromatic carbocycles. The summed E-state index contributed by atoms with van der Waals surface area (Å²) in [6.07, 6.45) is 1.36. The highest BCUT2D eigenvalue weighted by molar-refractivity contribution is 6.03. The predicted octanol–water partition coefficient (Wildman–Crippen LogP) is 1.73. The molecule has 2 rings (SSSR count). The first-order valence-electron chi connectivity index (χ1n) is 6.52. The predicted molar refractivity (Wildman–Crippen MR) is 73.8 cm³/mol. The van der Waals surface area contributed by atoms with Crippen LogP contribution in [0.5, 0.6) is 0 Å². The molecule has 1 aromatic rings. The second kappa shape index (κ2) is 5.86. The highest BCUT2D eigenvalue weighted by atomic mass is 16.5. The number of fused-ring (bicyclic) bond motifs is 1. The van der Waals surface area contributed by atoms with Crippen LogP contribution < -0.4 is 4.90 Å². The molecule has 5 heteroatoms. The van der Waals surface area contributed by atoms with Crippen molar-refractivity contribution in [3.63, 3.8) is 0 Å². The summed E-state index contributed by atoms with van der Waals surface area (Å²) in [4.78, 5) is 36.2. The largest absolute Gasteiger partial charge is 0.469 e. The van der Waals surface area contributed by atoms with Gasteiger partial charge in [0, 0.05) is 31.1 Å². The van der Waals surface area contributed by atoms with E-state index in [1.54, 1.807) is 30.1 Å². The van der Waals surface area contributed by atoms with Gasteiger partial charge in [-0.05, 0) is 30.2 Å². The summed E-state index contributed by atoms with van der Waals surface area (Å²) < 4.78 is 4.53. The number of esters is 1. The minimum Gasteiger partial charge on any atom is -0.469 e. The van der Waals surface area contributed by atoms with Gasteiger partial charge in [-0.15, -0.1) is 0 Å². The highest BCUT2D eigenvalue weighted by Crippen LogP contribution is 2.28. The van der Waals surface area contributed by atoms with Crippen LogP contribution >= 0.6 is 0 Å². The second-order valence-electron chi connectivity index (χ2n) is 4.83. The number of hydrogen-bond donors (Lipinski definition) is 0. The van der Waals surface area contributed by atoms with E-state index in [1.165, 1.54) is 7.11 Å². The van der Waals surface area contributed by atoms with Gasteiger partial charge in [-0.2, -0.15) is 0 Å². The molecule has 5 nitrogen and oxygen atoms in total. The van der Waals surface area contributed by atoms with E-state index < -0.39 is 0 Å². The number of likely N-dealkylation sites (N-methyl/N-ethyl adjacent to an activating group) is 1. The molecule has 0 unspecified atom stereocenters. The molecule has 0 N–H and O–H groups in total. The SMILES string of the molecule is COC(=O)CCCC(=O)c1ccc2c(c1)CC(=O)N2C. The third-order valence-corrected chi connectivity index (χ3v) is 3.49. The lowest BCUT2D eigenvalue weighted by atomic mass is 10.0. The van der Waals surface area contributed by atoms with E-state index in [9.17, 15) is 14.4 Å². The number of carbonyl (C=O) groups excluding carboxylic acids is 3. The standard InChI is InChI=1S/C15H17NO4/c1-16-12-7-6-10(8-11(12)9-14(16)18)13(17)4-3-5-15(19)20-2/h6-8H,3-5,9H2,1-2H3. The molecule has 1 aliphatic heterocycles. The van der Waals surface area contributed by atoms with Crippen LogP contribution in [0, 0.1) is 0 Å². The van der Waals surface area contributed by atoms with Crippen LogP contribution in [0.4, 0.5) is 5.69 Å². The molecular weight excluding hydrogens is 258 g/mol. The van der Waals surface area contributed by atoms with Gasteiger partial charge in [0.05, 0.1) is 13.5 Å². The van der Waals surface area contributed by atoms with Crippen molar-refractivity contribution in [2.45, 2.75) is 25.7 Å². The lowest BCUT2D eigenvalue weighted by Gasteiger charge is -2.10. The van der Waals surface area contributed by atoms with Gasteiger partial charge in [0.25, 0.3) is 0 Å².